The lowest BCUT2D eigenvalue weighted by Gasteiger charge is -2.17. The van der Waals surface area contributed by atoms with Crippen LogP contribution in [0.15, 0.2) is 78.9 Å². The second-order valence-corrected chi connectivity index (χ2v) is 6.92. The van der Waals surface area contributed by atoms with Crippen molar-refractivity contribution in [1.29, 1.82) is 0 Å². The third-order valence-electron chi connectivity index (χ3n) is 4.47. The first-order valence-corrected chi connectivity index (χ1v) is 9.41. The maximum atomic E-state index is 9.54. The zero-order valence-electron chi connectivity index (χ0n) is 15.8. The zero-order chi connectivity index (χ0) is 18.9. The monoisotopic (exact) mass is 361 g/mol. The Hall–Kier alpha value is -2.78. The molecule has 0 aliphatic carbocycles. The van der Waals surface area contributed by atoms with Gasteiger partial charge in [-0.05, 0) is 60.8 Å². The number of benzene rings is 3. The fourth-order valence-electron chi connectivity index (χ4n) is 3.15. The largest absolute Gasteiger partial charge is 0.508 e. The van der Waals surface area contributed by atoms with Crippen LogP contribution in [0.2, 0.25) is 0 Å². The molecule has 0 aliphatic heterocycles. The predicted molar refractivity (Wildman–Crippen MR) is 110 cm³/mol. The van der Waals surface area contributed by atoms with E-state index in [1.165, 1.54) is 11.1 Å². The Bertz CT molecular complexity index is 833. The van der Waals surface area contributed by atoms with Gasteiger partial charge < -0.3 is 14.7 Å². The summed E-state index contributed by atoms with van der Waals surface area (Å²) in [6.07, 6.45) is 1.88. The second-order valence-electron chi connectivity index (χ2n) is 6.92. The summed E-state index contributed by atoms with van der Waals surface area (Å²) in [6.45, 7) is 2.46. The van der Waals surface area contributed by atoms with Gasteiger partial charge in [0.15, 0.2) is 0 Å². The normalized spacial score (nSPS) is 10.9. The van der Waals surface area contributed by atoms with Crippen molar-refractivity contribution in [3.8, 4) is 11.5 Å². The molecule has 0 saturated heterocycles. The Labute approximate surface area is 161 Å². The highest BCUT2D eigenvalue weighted by atomic mass is 16.5. The molecule has 0 unspecified atom stereocenters. The summed E-state index contributed by atoms with van der Waals surface area (Å²) >= 11 is 0. The van der Waals surface area contributed by atoms with E-state index < -0.39 is 0 Å². The molecule has 3 aromatic carbocycles. The van der Waals surface area contributed by atoms with Crippen LogP contribution in [-0.4, -0.2) is 30.2 Å². The van der Waals surface area contributed by atoms with E-state index in [1.807, 2.05) is 30.3 Å². The van der Waals surface area contributed by atoms with Gasteiger partial charge in [-0.15, -0.1) is 0 Å². The van der Waals surface area contributed by atoms with E-state index in [4.69, 9.17) is 4.74 Å². The average Bonchev–Trinajstić information content (AvgIpc) is 2.66. The summed E-state index contributed by atoms with van der Waals surface area (Å²) in [6, 6.07) is 26.3. The van der Waals surface area contributed by atoms with Crippen molar-refractivity contribution < 1.29 is 9.84 Å². The molecular formula is C24H27NO2. The van der Waals surface area contributed by atoms with Gasteiger partial charge in [0.25, 0.3) is 0 Å². The molecule has 0 amide bonds. The summed E-state index contributed by atoms with van der Waals surface area (Å²) in [5.41, 5.74) is 3.69. The minimum Gasteiger partial charge on any atom is -0.508 e. The predicted octanol–water partition coefficient (Wildman–Crippen LogP) is 4.88. The topological polar surface area (TPSA) is 32.7 Å². The molecule has 0 heterocycles. The number of rotatable bonds is 9. The van der Waals surface area contributed by atoms with Crippen molar-refractivity contribution in [2.24, 2.45) is 0 Å². The van der Waals surface area contributed by atoms with Gasteiger partial charge in [0, 0.05) is 13.1 Å². The molecule has 0 saturated carbocycles. The van der Waals surface area contributed by atoms with Crippen LogP contribution in [0.3, 0.4) is 0 Å². The first kappa shape index (κ1) is 19.0. The fourth-order valence-corrected chi connectivity index (χ4v) is 3.15. The molecule has 0 spiro atoms. The SMILES string of the molecule is CN(CCCOc1cccc(Cc2ccccc2)c1)Cc1cccc(O)c1. The van der Waals surface area contributed by atoms with Crippen molar-refractivity contribution in [3.05, 3.63) is 95.6 Å². The van der Waals surface area contributed by atoms with E-state index in [0.717, 1.165) is 37.2 Å². The highest BCUT2D eigenvalue weighted by Gasteiger charge is 2.03. The van der Waals surface area contributed by atoms with E-state index in [9.17, 15) is 5.11 Å². The molecule has 0 fully saturated rings. The van der Waals surface area contributed by atoms with E-state index in [-0.39, 0.29) is 0 Å². The maximum absolute atomic E-state index is 9.54. The molecule has 0 radical (unpaired) electrons. The molecule has 1 N–H and O–H groups in total. The number of ether oxygens (including phenoxy) is 1. The number of hydrogen-bond donors (Lipinski definition) is 1. The van der Waals surface area contributed by atoms with Gasteiger partial charge in [0.1, 0.15) is 11.5 Å². The molecule has 0 aliphatic rings. The van der Waals surface area contributed by atoms with Crippen LogP contribution >= 0.6 is 0 Å². The zero-order valence-corrected chi connectivity index (χ0v) is 15.8. The van der Waals surface area contributed by atoms with E-state index >= 15 is 0 Å². The summed E-state index contributed by atoms with van der Waals surface area (Å²) in [5, 5.41) is 9.54. The summed E-state index contributed by atoms with van der Waals surface area (Å²) in [5.74, 6) is 1.25. The Morgan fingerprint density at radius 3 is 2.37 bits per heavy atom. The molecule has 3 heteroatoms. The van der Waals surface area contributed by atoms with Crippen LogP contribution in [0.4, 0.5) is 0 Å². The van der Waals surface area contributed by atoms with Gasteiger partial charge >= 0.3 is 0 Å². The lowest BCUT2D eigenvalue weighted by atomic mass is 10.1. The number of nitrogens with zero attached hydrogens (tertiary/aromatic N) is 1. The molecule has 27 heavy (non-hydrogen) atoms. The number of aromatic hydroxyl groups is 1. The molecular weight excluding hydrogens is 334 g/mol. The van der Waals surface area contributed by atoms with E-state index in [2.05, 4.69) is 54.4 Å². The number of phenolic OH excluding ortho intramolecular Hbond substituents is 1. The first-order chi connectivity index (χ1) is 13.2. The molecule has 3 rings (SSSR count). The maximum Gasteiger partial charge on any atom is 0.119 e. The molecule has 140 valence electrons. The van der Waals surface area contributed by atoms with Crippen LogP contribution in [0.25, 0.3) is 0 Å². The van der Waals surface area contributed by atoms with Gasteiger partial charge in [-0.1, -0.05) is 54.6 Å². The van der Waals surface area contributed by atoms with Crippen molar-refractivity contribution in [2.45, 2.75) is 19.4 Å². The van der Waals surface area contributed by atoms with Gasteiger partial charge in [-0.2, -0.15) is 0 Å². The first-order valence-electron chi connectivity index (χ1n) is 9.41. The lowest BCUT2D eigenvalue weighted by Crippen LogP contribution is -2.20. The minimum absolute atomic E-state index is 0.319. The Balaban J connectivity index is 1.42. The summed E-state index contributed by atoms with van der Waals surface area (Å²) < 4.78 is 5.94. The van der Waals surface area contributed by atoms with Gasteiger partial charge in [0.05, 0.1) is 6.61 Å². The number of hydrogen-bond acceptors (Lipinski definition) is 3. The standard InChI is InChI=1S/C24H27NO2/c1-25(19-22-11-5-12-23(26)17-22)14-7-15-27-24-13-6-10-21(18-24)16-20-8-3-2-4-9-20/h2-6,8-13,17-18,26H,7,14-16,19H2,1H3. The smallest absolute Gasteiger partial charge is 0.119 e. The Morgan fingerprint density at radius 1 is 0.815 bits per heavy atom. The quantitative estimate of drug-likeness (QED) is 0.551. The van der Waals surface area contributed by atoms with Crippen molar-refractivity contribution in [1.82, 2.24) is 4.90 Å². The van der Waals surface area contributed by atoms with E-state index in [0.29, 0.717) is 12.4 Å². The van der Waals surface area contributed by atoms with Gasteiger partial charge in [-0.25, -0.2) is 0 Å². The van der Waals surface area contributed by atoms with Crippen LogP contribution in [-0.2, 0) is 13.0 Å². The molecule has 3 aromatic rings. The Kier molecular flexibility index (Phi) is 6.89. The van der Waals surface area contributed by atoms with Crippen LogP contribution in [0.5, 0.6) is 11.5 Å². The van der Waals surface area contributed by atoms with Crippen LogP contribution < -0.4 is 4.74 Å². The highest BCUT2D eigenvalue weighted by molar-refractivity contribution is 5.32. The van der Waals surface area contributed by atoms with Crippen LogP contribution in [0, 0.1) is 0 Å². The molecule has 0 aromatic heterocycles. The van der Waals surface area contributed by atoms with Gasteiger partial charge in [-0.3, -0.25) is 0 Å². The lowest BCUT2D eigenvalue weighted by molar-refractivity contribution is 0.258. The average molecular weight is 361 g/mol. The number of phenols is 1. The fraction of sp³-hybridized carbons (Fsp3) is 0.250. The molecule has 0 atom stereocenters. The van der Waals surface area contributed by atoms with Crippen LogP contribution in [0.1, 0.15) is 23.1 Å². The van der Waals surface area contributed by atoms with Crippen molar-refractivity contribution in [2.75, 3.05) is 20.2 Å². The minimum atomic E-state index is 0.319. The van der Waals surface area contributed by atoms with Gasteiger partial charge in [0.2, 0.25) is 0 Å². The van der Waals surface area contributed by atoms with Crippen molar-refractivity contribution >= 4 is 0 Å². The third-order valence-corrected chi connectivity index (χ3v) is 4.47. The Morgan fingerprint density at radius 2 is 1.56 bits per heavy atom. The second kappa shape index (κ2) is 9.79. The molecule has 0 bridgehead atoms. The third kappa shape index (κ3) is 6.46. The molecule has 3 nitrogen and oxygen atoms in total. The highest BCUT2D eigenvalue weighted by Crippen LogP contribution is 2.17. The summed E-state index contributed by atoms with van der Waals surface area (Å²) in [4.78, 5) is 2.24. The summed E-state index contributed by atoms with van der Waals surface area (Å²) in [7, 11) is 2.09. The van der Waals surface area contributed by atoms with Crippen molar-refractivity contribution in [3.63, 3.8) is 0 Å². The van der Waals surface area contributed by atoms with E-state index in [1.54, 1.807) is 6.07 Å².